The fourth-order valence-electron chi connectivity index (χ4n) is 2.22. The Morgan fingerprint density at radius 1 is 1.16 bits per heavy atom. The van der Waals surface area contributed by atoms with Gasteiger partial charge in [-0.05, 0) is 37.2 Å². The molecule has 0 fully saturated rings. The highest BCUT2D eigenvalue weighted by Crippen LogP contribution is 2.31. The summed E-state index contributed by atoms with van der Waals surface area (Å²) < 4.78 is 6.29. The van der Waals surface area contributed by atoms with Gasteiger partial charge in [-0.1, -0.05) is 51.8 Å². The van der Waals surface area contributed by atoms with Gasteiger partial charge in [-0.2, -0.15) is 0 Å². The van der Waals surface area contributed by atoms with Crippen LogP contribution >= 0.6 is 15.9 Å². The van der Waals surface area contributed by atoms with Crippen LogP contribution in [0.1, 0.15) is 22.7 Å². The molecule has 0 radical (unpaired) electrons. The average molecular weight is 320 g/mol. The first-order valence-corrected chi connectivity index (χ1v) is 7.02. The summed E-state index contributed by atoms with van der Waals surface area (Å²) in [7, 11) is 3.65. The van der Waals surface area contributed by atoms with E-state index >= 15 is 0 Å². The minimum Gasteiger partial charge on any atom is -0.497 e. The first kappa shape index (κ1) is 14.1. The van der Waals surface area contributed by atoms with Crippen molar-refractivity contribution in [3.63, 3.8) is 0 Å². The average Bonchev–Trinajstić information content (AvgIpc) is 2.41. The lowest BCUT2D eigenvalue weighted by Gasteiger charge is -2.19. The molecule has 0 heterocycles. The molecule has 0 aromatic heterocycles. The second kappa shape index (κ2) is 6.22. The first-order valence-electron chi connectivity index (χ1n) is 6.23. The fourth-order valence-corrected chi connectivity index (χ4v) is 2.81. The van der Waals surface area contributed by atoms with Gasteiger partial charge in [0.15, 0.2) is 0 Å². The molecule has 2 aromatic rings. The Kier molecular flexibility index (Phi) is 4.61. The normalized spacial score (nSPS) is 12.2. The molecule has 0 saturated carbocycles. The molecule has 2 rings (SSSR count). The van der Waals surface area contributed by atoms with Gasteiger partial charge in [-0.3, -0.25) is 0 Å². The minimum absolute atomic E-state index is 0.167. The van der Waals surface area contributed by atoms with E-state index in [1.54, 1.807) is 7.11 Å². The molecule has 3 heteroatoms. The summed E-state index contributed by atoms with van der Waals surface area (Å²) in [5, 5.41) is 3.37. The third kappa shape index (κ3) is 3.17. The van der Waals surface area contributed by atoms with Crippen LogP contribution in [-0.4, -0.2) is 14.2 Å². The molecule has 2 nitrogen and oxygen atoms in total. The maximum atomic E-state index is 5.24. The molecule has 1 N–H and O–H groups in total. The molecule has 1 unspecified atom stereocenters. The molecule has 0 aliphatic rings. The third-order valence-corrected chi connectivity index (χ3v) is 3.87. The number of ether oxygens (including phenoxy) is 1. The Hall–Kier alpha value is -1.32. The van der Waals surface area contributed by atoms with Crippen LogP contribution in [0.15, 0.2) is 46.9 Å². The van der Waals surface area contributed by atoms with Gasteiger partial charge in [0.05, 0.1) is 13.2 Å². The topological polar surface area (TPSA) is 21.3 Å². The van der Waals surface area contributed by atoms with Crippen LogP contribution in [0.2, 0.25) is 0 Å². The number of halogens is 1. The van der Waals surface area contributed by atoms with E-state index in [0.29, 0.717) is 0 Å². The molecule has 19 heavy (non-hydrogen) atoms. The van der Waals surface area contributed by atoms with Crippen molar-refractivity contribution in [1.29, 1.82) is 0 Å². The summed E-state index contributed by atoms with van der Waals surface area (Å²) in [6.07, 6.45) is 0. The lowest BCUT2D eigenvalue weighted by atomic mass is 9.97. The zero-order chi connectivity index (χ0) is 13.8. The van der Waals surface area contributed by atoms with E-state index in [2.05, 4.69) is 58.5 Å². The molecule has 0 aliphatic carbocycles. The Morgan fingerprint density at radius 2 is 1.95 bits per heavy atom. The summed E-state index contributed by atoms with van der Waals surface area (Å²) in [5.41, 5.74) is 3.73. The number of nitrogens with one attached hydrogen (secondary N) is 1. The van der Waals surface area contributed by atoms with Gasteiger partial charge in [0.25, 0.3) is 0 Å². The smallest absolute Gasteiger partial charge is 0.120 e. The van der Waals surface area contributed by atoms with Gasteiger partial charge in [-0.25, -0.2) is 0 Å². The van der Waals surface area contributed by atoms with E-state index in [0.717, 1.165) is 10.2 Å². The predicted molar refractivity (Wildman–Crippen MR) is 82.8 cm³/mol. The van der Waals surface area contributed by atoms with Gasteiger partial charge in [0.2, 0.25) is 0 Å². The standard InChI is InChI=1S/C16H18BrNO/c1-11-5-4-6-12(9-11)16(18-2)14-8-7-13(19-3)10-15(14)17/h4-10,16,18H,1-3H3. The zero-order valence-electron chi connectivity index (χ0n) is 11.4. The molecular formula is C16H18BrNO. The number of rotatable bonds is 4. The van der Waals surface area contributed by atoms with Crippen LogP contribution in [0, 0.1) is 6.92 Å². The molecule has 1 atom stereocenters. The lowest BCUT2D eigenvalue weighted by Crippen LogP contribution is -2.18. The van der Waals surface area contributed by atoms with Crippen molar-refractivity contribution >= 4 is 15.9 Å². The van der Waals surface area contributed by atoms with Crippen molar-refractivity contribution in [1.82, 2.24) is 5.32 Å². The monoisotopic (exact) mass is 319 g/mol. The Balaban J connectivity index is 2.42. The van der Waals surface area contributed by atoms with Gasteiger partial charge in [0, 0.05) is 4.47 Å². The first-order chi connectivity index (χ1) is 9.15. The number of benzene rings is 2. The number of hydrogen-bond donors (Lipinski definition) is 1. The van der Waals surface area contributed by atoms with E-state index in [1.165, 1.54) is 16.7 Å². The van der Waals surface area contributed by atoms with E-state index in [9.17, 15) is 0 Å². The maximum absolute atomic E-state index is 5.24. The van der Waals surface area contributed by atoms with Crippen LogP contribution in [0.3, 0.4) is 0 Å². The van der Waals surface area contributed by atoms with Crippen LogP contribution in [0.25, 0.3) is 0 Å². The maximum Gasteiger partial charge on any atom is 0.120 e. The van der Waals surface area contributed by atoms with Gasteiger partial charge < -0.3 is 10.1 Å². The van der Waals surface area contributed by atoms with E-state index in [4.69, 9.17) is 4.74 Å². The van der Waals surface area contributed by atoms with Crippen molar-refractivity contribution in [2.45, 2.75) is 13.0 Å². The molecule has 100 valence electrons. The van der Waals surface area contributed by atoms with E-state index in [1.807, 2.05) is 19.2 Å². The quantitative estimate of drug-likeness (QED) is 0.917. The SMILES string of the molecule is CNC(c1cccc(C)c1)c1ccc(OC)cc1Br. The number of methoxy groups -OCH3 is 1. The largest absolute Gasteiger partial charge is 0.497 e. The molecule has 2 aromatic carbocycles. The zero-order valence-corrected chi connectivity index (χ0v) is 13.0. The Bertz CT molecular complexity index is 568. The van der Waals surface area contributed by atoms with Crippen molar-refractivity contribution in [3.8, 4) is 5.75 Å². The van der Waals surface area contributed by atoms with E-state index < -0.39 is 0 Å². The number of aryl methyl sites for hydroxylation is 1. The molecule has 0 aliphatic heterocycles. The minimum atomic E-state index is 0.167. The number of hydrogen-bond acceptors (Lipinski definition) is 2. The summed E-state index contributed by atoms with van der Waals surface area (Å²) in [6.45, 7) is 2.11. The van der Waals surface area contributed by atoms with Crippen molar-refractivity contribution in [2.75, 3.05) is 14.2 Å². The molecule has 0 spiro atoms. The molecule has 0 saturated heterocycles. The van der Waals surface area contributed by atoms with Crippen LogP contribution in [0.5, 0.6) is 5.75 Å². The second-order valence-corrected chi connectivity index (χ2v) is 5.38. The Morgan fingerprint density at radius 3 is 2.53 bits per heavy atom. The molecule has 0 bridgehead atoms. The highest BCUT2D eigenvalue weighted by atomic mass is 79.9. The fraction of sp³-hybridized carbons (Fsp3) is 0.250. The van der Waals surface area contributed by atoms with Crippen LogP contribution in [-0.2, 0) is 0 Å². The van der Waals surface area contributed by atoms with Crippen molar-refractivity contribution < 1.29 is 4.74 Å². The second-order valence-electron chi connectivity index (χ2n) is 4.52. The third-order valence-electron chi connectivity index (χ3n) is 3.18. The van der Waals surface area contributed by atoms with Crippen molar-refractivity contribution in [2.24, 2.45) is 0 Å². The molecular weight excluding hydrogens is 302 g/mol. The van der Waals surface area contributed by atoms with E-state index in [-0.39, 0.29) is 6.04 Å². The Labute approximate surface area is 122 Å². The summed E-state index contributed by atoms with van der Waals surface area (Å²) in [6, 6.07) is 14.8. The summed E-state index contributed by atoms with van der Waals surface area (Å²) in [4.78, 5) is 0. The van der Waals surface area contributed by atoms with Gasteiger partial charge in [0.1, 0.15) is 5.75 Å². The van der Waals surface area contributed by atoms with Crippen molar-refractivity contribution in [3.05, 3.63) is 63.6 Å². The summed E-state index contributed by atoms with van der Waals surface area (Å²) in [5.74, 6) is 0.856. The lowest BCUT2D eigenvalue weighted by molar-refractivity contribution is 0.414. The summed E-state index contributed by atoms with van der Waals surface area (Å²) >= 11 is 3.63. The van der Waals surface area contributed by atoms with Gasteiger partial charge >= 0.3 is 0 Å². The highest BCUT2D eigenvalue weighted by Gasteiger charge is 2.15. The van der Waals surface area contributed by atoms with Crippen LogP contribution in [0.4, 0.5) is 0 Å². The predicted octanol–water partition coefficient (Wildman–Crippen LogP) is 4.07. The van der Waals surface area contributed by atoms with Gasteiger partial charge in [-0.15, -0.1) is 0 Å². The highest BCUT2D eigenvalue weighted by molar-refractivity contribution is 9.10. The van der Waals surface area contributed by atoms with Crippen LogP contribution < -0.4 is 10.1 Å². The molecule has 0 amide bonds.